The number of amides is 1. The largest absolute Gasteiger partial charge is 0.311 e. The van der Waals surface area contributed by atoms with Crippen LogP contribution in [-0.2, 0) is 4.79 Å². The van der Waals surface area contributed by atoms with Gasteiger partial charge in [0.25, 0.3) is 0 Å². The smallest absolute Gasteiger partial charge is 0.226 e. The van der Waals surface area contributed by atoms with Gasteiger partial charge in [-0.15, -0.1) is 0 Å². The molecule has 0 saturated carbocycles. The summed E-state index contributed by atoms with van der Waals surface area (Å²) >= 11 is 3.17. The molecule has 1 amide bonds. The highest BCUT2D eigenvalue weighted by molar-refractivity contribution is 9.10. The molecule has 1 aromatic heterocycles. The second kappa shape index (κ2) is 3.48. The van der Waals surface area contributed by atoms with E-state index in [9.17, 15) is 4.79 Å². The summed E-state index contributed by atoms with van der Waals surface area (Å²) in [5.41, 5.74) is 0. The number of aromatic nitrogens is 1. The number of pyridine rings is 1. The standard InChI is InChI=1S/C7H6BrN2O/c1-5(11)9-7-4-2-3-6(8)10-7/h2-4H,1H2,(H,9,10,11). The average molecular weight is 214 g/mol. The van der Waals surface area contributed by atoms with E-state index in [1.807, 2.05) is 0 Å². The van der Waals surface area contributed by atoms with Crippen LogP contribution in [0.15, 0.2) is 22.8 Å². The maximum Gasteiger partial charge on any atom is 0.226 e. The van der Waals surface area contributed by atoms with Gasteiger partial charge in [-0.2, -0.15) is 0 Å². The van der Waals surface area contributed by atoms with Gasteiger partial charge in [0.05, 0.1) is 0 Å². The number of rotatable bonds is 1. The SMILES string of the molecule is [CH2]C(=O)Nc1cccc(Br)n1. The molecule has 1 rings (SSSR count). The molecule has 0 atom stereocenters. The molecule has 0 unspecified atom stereocenters. The summed E-state index contributed by atoms with van der Waals surface area (Å²) in [7, 11) is 0. The van der Waals surface area contributed by atoms with Crippen LogP contribution in [0.25, 0.3) is 0 Å². The lowest BCUT2D eigenvalue weighted by molar-refractivity contribution is -0.112. The van der Waals surface area contributed by atoms with Crippen molar-refractivity contribution in [1.29, 1.82) is 0 Å². The molecule has 0 aliphatic rings. The Bertz CT molecular complexity index is 275. The van der Waals surface area contributed by atoms with E-state index in [4.69, 9.17) is 0 Å². The monoisotopic (exact) mass is 213 g/mol. The first-order valence-electron chi connectivity index (χ1n) is 2.94. The molecular formula is C7H6BrN2O. The molecule has 0 aliphatic carbocycles. The van der Waals surface area contributed by atoms with Crippen molar-refractivity contribution in [3.8, 4) is 0 Å². The van der Waals surface area contributed by atoms with Crippen LogP contribution in [0.3, 0.4) is 0 Å². The molecule has 1 radical (unpaired) electrons. The fourth-order valence-electron chi connectivity index (χ4n) is 0.621. The number of anilines is 1. The third-order valence-electron chi connectivity index (χ3n) is 0.983. The number of halogens is 1. The first-order chi connectivity index (χ1) is 5.18. The number of nitrogens with zero attached hydrogens (tertiary/aromatic N) is 1. The Morgan fingerprint density at radius 1 is 1.64 bits per heavy atom. The highest BCUT2D eigenvalue weighted by atomic mass is 79.9. The minimum atomic E-state index is -0.365. The zero-order chi connectivity index (χ0) is 8.27. The van der Waals surface area contributed by atoms with E-state index < -0.39 is 0 Å². The molecular weight excluding hydrogens is 208 g/mol. The molecule has 4 heteroatoms. The second-order valence-electron chi connectivity index (χ2n) is 1.89. The quantitative estimate of drug-likeness (QED) is 0.721. The van der Waals surface area contributed by atoms with E-state index in [2.05, 4.69) is 33.2 Å². The lowest BCUT2D eigenvalue weighted by Gasteiger charge is -1.99. The molecule has 1 heterocycles. The molecule has 0 aromatic carbocycles. The van der Waals surface area contributed by atoms with E-state index in [-0.39, 0.29) is 5.91 Å². The van der Waals surface area contributed by atoms with Gasteiger partial charge in [0.15, 0.2) is 0 Å². The maximum atomic E-state index is 10.4. The predicted molar refractivity (Wildman–Crippen MR) is 45.9 cm³/mol. The van der Waals surface area contributed by atoms with Gasteiger partial charge in [-0.3, -0.25) is 4.79 Å². The summed E-state index contributed by atoms with van der Waals surface area (Å²) in [6, 6.07) is 5.24. The van der Waals surface area contributed by atoms with Gasteiger partial charge in [0.1, 0.15) is 10.4 Å². The minimum Gasteiger partial charge on any atom is -0.311 e. The maximum absolute atomic E-state index is 10.4. The first-order valence-corrected chi connectivity index (χ1v) is 3.73. The van der Waals surface area contributed by atoms with Crippen LogP contribution >= 0.6 is 15.9 Å². The minimum absolute atomic E-state index is 0.365. The Morgan fingerprint density at radius 2 is 2.36 bits per heavy atom. The Balaban J connectivity index is 2.79. The summed E-state index contributed by atoms with van der Waals surface area (Å²) in [6.45, 7) is 3.16. The lowest BCUT2D eigenvalue weighted by Crippen LogP contribution is -2.07. The number of carbonyl (C=O) groups excluding carboxylic acids is 1. The number of hydrogen-bond donors (Lipinski definition) is 1. The van der Waals surface area contributed by atoms with Gasteiger partial charge < -0.3 is 5.32 Å². The van der Waals surface area contributed by atoms with Gasteiger partial charge in [-0.1, -0.05) is 6.07 Å². The molecule has 0 spiro atoms. The van der Waals surface area contributed by atoms with Crippen molar-refractivity contribution >= 4 is 27.7 Å². The topological polar surface area (TPSA) is 42.0 Å². The predicted octanol–water partition coefficient (Wildman–Crippen LogP) is 1.62. The van der Waals surface area contributed by atoms with Crippen molar-refractivity contribution in [3.05, 3.63) is 29.7 Å². The van der Waals surface area contributed by atoms with Crippen LogP contribution in [0.1, 0.15) is 0 Å². The van der Waals surface area contributed by atoms with Gasteiger partial charge in [0.2, 0.25) is 5.91 Å². The fourth-order valence-corrected chi connectivity index (χ4v) is 0.964. The zero-order valence-electron chi connectivity index (χ0n) is 5.67. The Morgan fingerprint density at radius 3 is 2.91 bits per heavy atom. The molecule has 1 N–H and O–H groups in total. The van der Waals surface area contributed by atoms with Crippen molar-refractivity contribution in [1.82, 2.24) is 4.98 Å². The Hall–Kier alpha value is -0.900. The average Bonchev–Trinajstić information content (AvgIpc) is 1.85. The molecule has 1 aromatic rings. The van der Waals surface area contributed by atoms with E-state index in [1.165, 1.54) is 0 Å². The van der Waals surface area contributed by atoms with Gasteiger partial charge >= 0.3 is 0 Å². The summed E-state index contributed by atoms with van der Waals surface area (Å²) in [5.74, 6) is 0.134. The summed E-state index contributed by atoms with van der Waals surface area (Å²) in [5, 5.41) is 2.45. The lowest BCUT2D eigenvalue weighted by atomic mass is 10.4. The van der Waals surface area contributed by atoms with Crippen molar-refractivity contribution in [3.63, 3.8) is 0 Å². The Labute approximate surface area is 73.0 Å². The third kappa shape index (κ3) is 2.67. The van der Waals surface area contributed by atoms with Gasteiger partial charge in [-0.05, 0) is 28.1 Å². The van der Waals surface area contributed by atoms with Crippen LogP contribution in [0, 0.1) is 6.92 Å². The van der Waals surface area contributed by atoms with E-state index in [0.29, 0.717) is 10.4 Å². The van der Waals surface area contributed by atoms with Crippen LogP contribution in [0.4, 0.5) is 5.82 Å². The molecule has 3 nitrogen and oxygen atoms in total. The molecule has 0 bridgehead atoms. The summed E-state index contributed by atoms with van der Waals surface area (Å²) in [4.78, 5) is 14.4. The van der Waals surface area contributed by atoms with Crippen molar-refractivity contribution in [2.45, 2.75) is 0 Å². The van der Waals surface area contributed by atoms with E-state index >= 15 is 0 Å². The number of carbonyl (C=O) groups is 1. The van der Waals surface area contributed by atoms with Crippen LogP contribution in [0.2, 0.25) is 0 Å². The van der Waals surface area contributed by atoms with Crippen molar-refractivity contribution < 1.29 is 4.79 Å². The first kappa shape index (κ1) is 8.20. The summed E-state index contributed by atoms with van der Waals surface area (Å²) in [6.07, 6.45) is 0. The highest BCUT2D eigenvalue weighted by Crippen LogP contribution is 2.09. The second-order valence-corrected chi connectivity index (χ2v) is 2.71. The molecule has 0 aliphatic heterocycles. The van der Waals surface area contributed by atoms with Crippen LogP contribution in [0.5, 0.6) is 0 Å². The molecule has 11 heavy (non-hydrogen) atoms. The summed E-state index contributed by atoms with van der Waals surface area (Å²) < 4.78 is 0.684. The van der Waals surface area contributed by atoms with Crippen LogP contribution in [-0.4, -0.2) is 10.9 Å². The van der Waals surface area contributed by atoms with Crippen LogP contribution < -0.4 is 5.32 Å². The van der Waals surface area contributed by atoms with Crippen molar-refractivity contribution in [2.24, 2.45) is 0 Å². The highest BCUT2D eigenvalue weighted by Gasteiger charge is 1.95. The molecule has 0 fully saturated rings. The number of hydrogen-bond acceptors (Lipinski definition) is 2. The third-order valence-corrected chi connectivity index (χ3v) is 1.42. The fraction of sp³-hybridized carbons (Fsp3) is 0. The zero-order valence-corrected chi connectivity index (χ0v) is 7.26. The van der Waals surface area contributed by atoms with Gasteiger partial charge in [-0.25, -0.2) is 4.98 Å². The normalized spacial score (nSPS) is 9.27. The van der Waals surface area contributed by atoms with E-state index in [0.717, 1.165) is 0 Å². The number of nitrogens with one attached hydrogen (secondary N) is 1. The van der Waals surface area contributed by atoms with Gasteiger partial charge in [0, 0.05) is 6.92 Å². The van der Waals surface area contributed by atoms with Crippen molar-refractivity contribution in [2.75, 3.05) is 5.32 Å². The molecule has 57 valence electrons. The van der Waals surface area contributed by atoms with E-state index in [1.54, 1.807) is 18.2 Å². The molecule has 0 saturated heterocycles. The Kier molecular flexibility index (Phi) is 2.59.